The number of hydrogen-bond donors (Lipinski definition) is 1. The molecule has 1 amide bonds. The predicted molar refractivity (Wildman–Crippen MR) is 114 cm³/mol. The number of benzene rings is 3. The molecule has 0 bridgehead atoms. The summed E-state index contributed by atoms with van der Waals surface area (Å²) in [6.07, 6.45) is -10.3. The lowest BCUT2D eigenvalue weighted by atomic mass is 9.84. The Morgan fingerprint density at radius 1 is 0.743 bits per heavy atom. The number of methoxy groups -OCH3 is 1. The molecule has 3 aromatic carbocycles. The van der Waals surface area contributed by atoms with E-state index >= 15 is 0 Å². The van der Waals surface area contributed by atoms with Gasteiger partial charge in [-0.15, -0.1) is 0 Å². The molecule has 3 aromatic rings. The number of rotatable bonds is 6. The van der Waals surface area contributed by atoms with Gasteiger partial charge in [-0.3, -0.25) is 4.79 Å². The van der Waals surface area contributed by atoms with Gasteiger partial charge >= 0.3 is 18.3 Å². The number of carbonyl (C=O) groups is 2. The molecule has 184 valence electrons. The van der Waals surface area contributed by atoms with Gasteiger partial charge in [0.25, 0.3) is 5.91 Å². The third-order valence-electron chi connectivity index (χ3n) is 5.24. The van der Waals surface area contributed by atoms with Gasteiger partial charge < -0.3 is 10.1 Å². The summed E-state index contributed by atoms with van der Waals surface area (Å²) in [5.41, 5.74) is -3.06. The normalized spacial score (nSPS) is 12.8. The van der Waals surface area contributed by atoms with E-state index in [1.165, 1.54) is 0 Å². The number of ether oxygens (including phenoxy) is 1. The lowest BCUT2D eigenvalue weighted by molar-refractivity contribution is -0.144. The van der Waals surface area contributed by atoms with Crippen LogP contribution >= 0.6 is 0 Å². The minimum Gasteiger partial charge on any atom is -0.467 e. The van der Waals surface area contributed by atoms with Crippen molar-refractivity contribution >= 4 is 11.9 Å². The Morgan fingerprint density at radius 3 is 1.54 bits per heavy atom. The van der Waals surface area contributed by atoms with E-state index in [-0.39, 0.29) is 6.07 Å². The highest BCUT2D eigenvalue weighted by Gasteiger charge is 2.39. The van der Waals surface area contributed by atoms with Crippen LogP contribution in [0.1, 0.15) is 38.5 Å². The van der Waals surface area contributed by atoms with Gasteiger partial charge in [-0.2, -0.15) is 26.3 Å². The Labute approximate surface area is 196 Å². The molecule has 0 aromatic heterocycles. The van der Waals surface area contributed by atoms with E-state index < -0.39 is 52.9 Å². The monoisotopic (exact) mass is 495 g/mol. The molecule has 0 saturated heterocycles. The van der Waals surface area contributed by atoms with Crippen LogP contribution in [0, 0.1) is 0 Å². The first-order valence-corrected chi connectivity index (χ1v) is 10.2. The van der Waals surface area contributed by atoms with Gasteiger partial charge in [0.05, 0.1) is 18.2 Å². The van der Waals surface area contributed by atoms with Gasteiger partial charge in [-0.05, 0) is 29.3 Å². The van der Waals surface area contributed by atoms with Gasteiger partial charge in [0.15, 0.2) is 0 Å². The van der Waals surface area contributed by atoms with Gasteiger partial charge in [0.2, 0.25) is 0 Å². The SMILES string of the molecule is COC(=O)[C@@H](NC(=O)c1cc(C(F)(F)F)cc(C(F)(F)F)c1)C(c1ccccc1)c1ccccc1. The van der Waals surface area contributed by atoms with E-state index in [2.05, 4.69) is 5.32 Å². The van der Waals surface area contributed by atoms with Crippen LogP contribution in [0.3, 0.4) is 0 Å². The minimum absolute atomic E-state index is 0.0781. The largest absolute Gasteiger partial charge is 0.467 e. The number of amides is 1. The molecule has 0 aliphatic carbocycles. The van der Waals surface area contributed by atoms with E-state index in [0.29, 0.717) is 23.3 Å². The van der Waals surface area contributed by atoms with E-state index in [9.17, 15) is 35.9 Å². The standard InChI is InChI=1S/C25H19F6NO3/c1-35-23(34)21(20(15-8-4-2-5-9-15)16-10-6-3-7-11-16)32-22(33)17-12-18(24(26,27)28)14-19(13-17)25(29,30)31/h2-14,20-21H,1H3,(H,32,33)/t21-/m0/s1. The molecule has 0 radical (unpaired) electrons. The lowest BCUT2D eigenvalue weighted by Gasteiger charge is -2.27. The van der Waals surface area contributed by atoms with Crippen LogP contribution in [0.15, 0.2) is 78.9 Å². The summed E-state index contributed by atoms with van der Waals surface area (Å²) >= 11 is 0. The maximum absolute atomic E-state index is 13.2. The third-order valence-corrected chi connectivity index (χ3v) is 5.24. The van der Waals surface area contributed by atoms with Crippen LogP contribution in [-0.4, -0.2) is 25.0 Å². The van der Waals surface area contributed by atoms with Crippen LogP contribution in [0.25, 0.3) is 0 Å². The molecule has 1 N–H and O–H groups in total. The van der Waals surface area contributed by atoms with Crippen LogP contribution in [0.4, 0.5) is 26.3 Å². The van der Waals surface area contributed by atoms with Crippen molar-refractivity contribution in [2.24, 2.45) is 0 Å². The Morgan fingerprint density at radius 2 is 1.17 bits per heavy atom. The molecule has 0 saturated carbocycles. The van der Waals surface area contributed by atoms with Gasteiger partial charge in [0.1, 0.15) is 6.04 Å². The molecular weight excluding hydrogens is 476 g/mol. The zero-order valence-electron chi connectivity index (χ0n) is 18.2. The molecule has 0 aliphatic heterocycles. The minimum atomic E-state index is -5.13. The summed E-state index contributed by atoms with van der Waals surface area (Å²) in [6.45, 7) is 0. The Bertz CT molecular complexity index is 1110. The summed E-state index contributed by atoms with van der Waals surface area (Å²) < 4.78 is 84.3. The molecule has 35 heavy (non-hydrogen) atoms. The predicted octanol–water partition coefficient (Wildman–Crippen LogP) is 5.83. The van der Waals surface area contributed by atoms with Crippen molar-refractivity contribution in [3.63, 3.8) is 0 Å². The number of halogens is 6. The van der Waals surface area contributed by atoms with Crippen LogP contribution in [0.5, 0.6) is 0 Å². The summed E-state index contributed by atoms with van der Waals surface area (Å²) in [5, 5.41) is 2.29. The first-order chi connectivity index (χ1) is 16.4. The van der Waals surface area contributed by atoms with E-state index in [0.717, 1.165) is 7.11 Å². The highest BCUT2D eigenvalue weighted by molar-refractivity contribution is 5.97. The average molecular weight is 495 g/mol. The van der Waals surface area contributed by atoms with Gasteiger partial charge in [-0.25, -0.2) is 4.79 Å². The summed E-state index contributed by atoms with van der Waals surface area (Å²) in [6, 6.07) is 15.9. The molecule has 0 heterocycles. The van der Waals surface area contributed by atoms with E-state index in [4.69, 9.17) is 4.74 Å². The second-order valence-corrected chi connectivity index (χ2v) is 7.57. The zero-order chi connectivity index (χ0) is 25.8. The maximum Gasteiger partial charge on any atom is 0.416 e. The van der Waals surface area contributed by atoms with Crippen molar-refractivity contribution in [1.82, 2.24) is 5.32 Å². The molecule has 0 spiro atoms. The summed E-state index contributed by atoms with van der Waals surface area (Å²) in [4.78, 5) is 25.7. The molecule has 0 fully saturated rings. The quantitative estimate of drug-likeness (QED) is 0.346. The van der Waals surface area contributed by atoms with Gasteiger partial charge in [0, 0.05) is 11.5 Å². The fourth-order valence-electron chi connectivity index (χ4n) is 3.61. The number of esters is 1. The van der Waals surface area contributed by atoms with Crippen molar-refractivity contribution in [1.29, 1.82) is 0 Å². The van der Waals surface area contributed by atoms with Crippen molar-refractivity contribution in [3.05, 3.63) is 107 Å². The average Bonchev–Trinajstić information content (AvgIpc) is 2.83. The topological polar surface area (TPSA) is 55.4 Å². The van der Waals surface area contributed by atoms with Gasteiger partial charge in [-0.1, -0.05) is 60.7 Å². The maximum atomic E-state index is 13.2. The summed E-state index contributed by atoms with van der Waals surface area (Å²) in [7, 11) is 1.06. The van der Waals surface area contributed by atoms with Crippen LogP contribution < -0.4 is 5.32 Å². The van der Waals surface area contributed by atoms with Crippen molar-refractivity contribution in [2.45, 2.75) is 24.3 Å². The highest BCUT2D eigenvalue weighted by Crippen LogP contribution is 2.36. The van der Waals surface area contributed by atoms with Crippen LogP contribution in [-0.2, 0) is 21.9 Å². The number of alkyl halides is 6. The lowest BCUT2D eigenvalue weighted by Crippen LogP contribution is -2.46. The molecular formula is C25H19F6NO3. The molecule has 3 rings (SSSR count). The number of hydrogen-bond acceptors (Lipinski definition) is 3. The number of nitrogens with one attached hydrogen (secondary N) is 1. The van der Waals surface area contributed by atoms with Crippen molar-refractivity contribution < 1.29 is 40.7 Å². The molecule has 4 nitrogen and oxygen atoms in total. The third kappa shape index (κ3) is 6.20. The second kappa shape index (κ2) is 10.2. The van der Waals surface area contributed by atoms with Crippen molar-refractivity contribution in [3.8, 4) is 0 Å². The summed E-state index contributed by atoms with van der Waals surface area (Å²) in [5.74, 6) is -3.07. The zero-order valence-corrected chi connectivity index (χ0v) is 18.2. The highest BCUT2D eigenvalue weighted by atomic mass is 19.4. The first kappa shape index (κ1) is 25.8. The molecule has 10 heteroatoms. The molecule has 0 aliphatic rings. The van der Waals surface area contributed by atoms with Crippen molar-refractivity contribution in [2.75, 3.05) is 7.11 Å². The Hall–Kier alpha value is -3.82. The first-order valence-electron chi connectivity index (χ1n) is 10.2. The molecule has 1 atom stereocenters. The second-order valence-electron chi connectivity index (χ2n) is 7.57. The molecule has 0 unspecified atom stereocenters. The fraction of sp³-hybridized carbons (Fsp3) is 0.200. The van der Waals surface area contributed by atoms with E-state index in [1.807, 2.05) is 0 Å². The van der Waals surface area contributed by atoms with Crippen LogP contribution in [0.2, 0.25) is 0 Å². The Kier molecular flexibility index (Phi) is 7.52. The fourth-order valence-corrected chi connectivity index (χ4v) is 3.61. The van der Waals surface area contributed by atoms with E-state index in [1.54, 1.807) is 60.7 Å². The Balaban J connectivity index is 2.09. The smallest absolute Gasteiger partial charge is 0.416 e. The number of carbonyl (C=O) groups excluding carboxylic acids is 2.